The van der Waals surface area contributed by atoms with Gasteiger partial charge in [0.1, 0.15) is 11.0 Å². The molecule has 0 spiro atoms. The summed E-state index contributed by atoms with van der Waals surface area (Å²) in [6.45, 7) is 0. The van der Waals surface area contributed by atoms with E-state index in [9.17, 15) is 4.79 Å². The van der Waals surface area contributed by atoms with Gasteiger partial charge in [0.15, 0.2) is 0 Å². The van der Waals surface area contributed by atoms with Crippen LogP contribution in [0.5, 0.6) is 0 Å². The second kappa shape index (κ2) is 5.12. The van der Waals surface area contributed by atoms with Gasteiger partial charge in [-0.2, -0.15) is 0 Å². The van der Waals surface area contributed by atoms with Gasteiger partial charge in [-0.15, -0.1) is 0 Å². The predicted molar refractivity (Wildman–Crippen MR) is 66.4 cm³/mol. The highest BCUT2D eigenvalue weighted by Gasteiger charge is 2.09. The lowest BCUT2D eigenvalue weighted by Gasteiger charge is -2.04. The fourth-order valence-corrected chi connectivity index (χ4v) is 1.44. The van der Waals surface area contributed by atoms with Crippen molar-refractivity contribution in [2.24, 2.45) is 0 Å². The van der Waals surface area contributed by atoms with Gasteiger partial charge in [0, 0.05) is 12.4 Å². The summed E-state index contributed by atoms with van der Waals surface area (Å²) in [5, 5.41) is 3.02. The molecule has 0 saturated carbocycles. The van der Waals surface area contributed by atoms with Crippen molar-refractivity contribution in [3.05, 3.63) is 52.4 Å². The van der Waals surface area contributed by atoms with Crippen LogP contribution in [0.2, 0.25) is 10.2 Å². The maximum atomic E-state index is 11.8. The number of nitrogens with zero attached hydrogens (tertiary/aromatic N) is 2. The molecule has 17 heavy (non-hydrogen) atoms. The highest BCUT2D eigenvalue weighted by molar-refractivity contribution is 6.41. The third-order valence-corrected chi connectivity index (χ3v) is 2.65. The average molecular weight is 268 g/mol. The molecule has 1 amide bonds. The van der Waals surface area contributed by atoms with Crippen LogP contribution in [0.15, 0.2) is 36.7 Å². The van der Waals surface area contributed by atoms with Crippen LogP contribution in [-0.2, 0) is 0 Å². The molecule has 0 aromatic carbocycles. The highest BCUT2D eigenvalue weighted by Crippen LogP contribution is 2.20. The average Bonchev–Trinajstić information content (AvgIpc) is 2.34. The van der Waals surface area contributed by atoms with E-state index < -0.39 is 0 Å². The molecule has 0 unspecified atom stereocenters. The summed E-state index contributed by atoms with van der Waals surface area (Å²) in [5.41, 5.74) is 0.324. The molecule has 1 N–H and O–H groups in total. The van der Waals surface area contributed by atoms with Crippen molar-refractivity contribution in [1.29, 1.82) is 0 Å². The standard InChI is InChI=1S/C11H7Cl2N3O/c12-8-5-7(6-15-10(8)13)11(17)16-9-3-1-2-4-14-9/h1-6H,(H,14,16,17). The van der Waals surface area contributed by atoms with Crippen LogP contribution in [0.4, 0.5) is 5.82 Å². The first-order chi connectivity index (χ1) is 8.16. The first-order valence-corrected chi connectivity index (χ1v) is 5.46. The molecule has 0 aliphatic rings. The van der Waals surface area contributed by atoms with Crippen LogP contribution in [0.25, 0.3) is 0 Å². The number of hydrogen-bond acceptors (Lipinski definition) is 3. The summed E-state index contributed by atoms with van der Waals surface area (Å²) in [6, 6.07) is 6.67. The number of halogens is 2. The van der Waals surface area contributed by atoms with Gasteiger partial charge in [0.25, 0.3) is 5.91 Å². The van der Waals surface area contributed by atoms with E-state index in [0.29, 0.717) is 11.4 Å². The van der Waals surface area contributed by atoms with Gasteiger partial charge in [0.2, 0.25) is 0 Å². The zero-order valence-electron chi connectivity index (χ0n) is 8.52. The Balaban J connectivity index is 2.18. The monoisotopic (exact) mass is 267 g/mol. The van der Waals surface area contributed by atoms with Crippen molar-refractivity contribution in [3.63, 3.8) is 0 Å². The summed E-state index contributed by atoms with van der Waals surface area (Å²) in [4.78, 5) is 19.6. The van der Waals surface area contributed by atoms with Crippen LogP contribution in [0.3, 0.4) is 0 Å². The van der Waals surface area contributed by atoms with Crippen molar-refractivity contribution < 1.29 is 4.79 Å². The van der Waals surface area contributed by atoms with E-state index in [1.165, 1.54) is 12.3 Å². The van der Waals surface area contributed by atoms with Crippen molar-refractivity contribution in [1.82, 2.24) is 9.97 Å². The maximum Gasteiger partial charge on any atom is 0.258 e. The number of carbonyl (C=O) groups excluding carboxylic acids is 1. The van der Waals surface area contributed by atoms with Gasteiger partial charge < -0.3 is 5.32 Å². The normalized spacial score (nSPS) is 10.0. The highest BCUT2D eigenvalue weighted by atomic mass is 35.5. The van der Waals surface area contributed by atoms with E-state index in [2.05, 4.69) is 15.3 Å². The molecule has 0 aliphatic heterocycles. The Labute approximate surface area is 108 Å². The van der Waals surface area contributed by atoms with Gasteiger partial charge >= 0.3 is 0 Å². The number of nitrogens with one attached hydrogen (secondary N) is 1. The molecule has 86 valence electrons. The van der Waals surface area contributed by atoms with Crippen molar-refractivity contribution in [2.45, 2.75) is 0 Å². The minimum atomic E-state index is -0.338. The Hall–Kier alpha value is -1.65. The fourth-order valence-electron chi connectivity index (χ4n) is 1.17. The van der Waals surface area contributed by atoms with Crippen LogP contribution >= 0.6 is 23.2 Å². The molecular weight excluding hydrogens is 261 g/mol. The second-order valence-corrected chi connectivity index (χ2v) is 3.93. The molecule has 4 nitrogen and oxygen atoms in total. The van der Waals surface area contributed by atoms with Crippen molar-refractivity contribution in [2.75, 3.05) is 5.32 Å². The molecule has 0 atom stereocenters. The summed E-state index contributed by atoms with van der Waals surface area (Å²) < 4.78 is 0. The fraction of sp³-hybridized carbons (Fsp3) is 0. The SMILES string of the molecule is O=C(Nc1ccccn1)c1cnc(Cl)c(Cl)c1. The van der Waals surface area contributed by atoms with Crippen LogP contribution in [0, 0.1) is 0 Å². The summed E-state index contributed by atoms with van der Waals surface area (Å²) >= 11 is 11.4. The molecule has 0 radical (unpaired) electrons. The van der Waals surface area contributed by atoms with Gasteiger partial charge in [-0.3, -0.25) is 4.79 Å². The van der Waals surface area contributed by atoms with Crippen LogP contribution in [-0.4, -0.2) is 15.9 Å². The lowest BCUT2D eigenvalue weighted by Crippen LogP contribution is -2.13. The largest absolute Gasteiger partial charge is 0.307 e. The molecular formula is C11H7Cl2N3O. The minimum absolute atomic E-state index is 0.168. The van der Waals surface area contributed by atoms with E-state index in [0.717, 1.165) is 0 Å². The number of aromatic nitrogens is 2. The van der Waals surface area contributed by atoms with E-state index in [1.807, 2.05) is 0 Å². The second-order valence-electron chi connectivity index (χ2n) is 3.17. The van der Waals surface area contributed by atoms with Gasteiger partial charge in [-0.25, -0.2) is 9.97 Å². The Morgan fingerprint density at radius 1 is 1.24 bits per heavy atom. The Morgan fingerprint density at radius 2 is 2.06 bits per heavy atom. The zero-order chi connectivity index (χ0) is 12.3. The summed E-state index contributed by atoms with van der Waals surface area (Å²) in [6.07, 6.45) is 2.94. The lowest BCUT2D eigenvalue weighted by atomic mass is 10.2. The molecule has 2 aromatic rings. The molecule has 6 heteroatoms. The Bertz CT molecular complexity index is 546. The zero-order valence-corrected chi connectivity index (χ0v) is 10.0. The van der Waals surface area contributed by atoms with Crippen LogP contribution < -0.4 is 5.32 Å². The maximum absolute atomic E-state index is 11.8. The van der Waals surface area contributed by atoms with E-state index in [1.54, 1.807) is 24.4 Å². The molecule has 0 saturated heterocycles. The Kier molecular flexibility index (Phi) is 3.56. The first-order valence-electron chi connectivity index (χ1n) is 4.70. The predicted octanol–water partition coefficient (Wildman–Crippen LogP) is 3.04. The summed E-state index contributed by atoms with van der Waals surface area (Å²) in [7, 11) is 0. The first kappa shape index (κ1) is 11.8. The Morgan fingerprint density at radius 3 is 2.71 bits per heavy atom. The van der Waals surface area contributed by atoms with Crippen LogP contribution in [0.1, 0.15) is 10.4 Å². The number of rotatable bonds is 2. The van der Waals surface area contributed by atoms with E-state index >= 15 is 0 Å². The van der Waals surface area contributed by atoms with Gasteiger partial charge in [-0.1, -0.05) is 29.3 Å². The third-order valence-electron chi connectivity index (χ3n) is 1.96. The summed E-state index contributed by atoms with van der Waals surface area (Å²) in [5.74, 6) is 0.123. The number of carbonyl (C=O) groups is 1. The van der Waals surface area contributed by atoms with Gasteiger partial charge in [0.05, 0.1) is 10.6 Å². The third kappa shape index (κ3) is 2.93. The minimum Gasteiger partial charge on any atom is -0.307 e. The quantitative estimate of drug-likeness (QED) is 0.851. The number of amides is 1. The molecule has 2 aromatic heterocycles. The topological polar surface area (TPSA) is 54.9 Å². The molecule has 0 bridgehead atoms. The molecule has 2 heterocycles. The smallest absolute Gasteiger partial charge is 0.258 e. The molecule has 0 fully saturated rings. The molecule has 0 aliphatic carbocycles. The van der Waals surface area contributed by atoms with E-state index in [4.69, 9.17) is 23.2 Å². The van der Waals surface area contributed by atoms with Crippen molar-refractivity contribution >= 4 is 34.9 Å². The van der Waals surface area contributed by atoms with E-state index in [-0.39, 0.29) is 16.1 Å². The number of anilines is 1. The van der Waals surface area contributed by atoms with Crippen molar-refractivity contribution in [3.8, 4) is 0 Å². The number of pyridine rings is 2. The molecule has 2 rings (SSSR count). The lowest BCUT2D eigenvalue weighted by molar-refractivity contribution is 0.102. The van der Waals surface area contributed by atoms with Gasteiger partial charge in [-0.05, 0) is 18.2 Å². The number of hydrogen-bond donors (Lipinski definition) is 1.